The molecule has 3 rings (SSSR count). The van der Waals surface area contributed by atoms with Gasteiger partial charge in [-0.2, -0.15) is 0 Å². The van der Waals surface area contributed by atoms with E-state index in [9.17, 15) is 4.79 Å². The number of rotatable bonds is 8. The van der Waals surface area contributed by atoms with E-state index in [0.717, 1.165) is 34.1 Å². The second-order valence-corrected chi connectivity index (χ2v) is 7.67. The molecule has 1 amide bonds. The van der Waals surface area contributed by atoms with Crippen LogP contribution in [0.15, 0.2) is 48.5 Å². The van der Waals surface area contributed by atoms with E-state index in [4.69, 9.17) is 9.72 Å². The van der Waals surface area contributed by atoms with Crippen molar-refractivity contribution in [3.8, 4) is 5.75 Å². The molecule has 6 heteroatoms. The van der Waals surface area contributed by atoms with Crippen molar-refractivity contribution < 1.29 is 14.4 Å². The highest BCUT2D eigenvalue weighted by molar-refractivity contribution is 7.22. The number of ether oxygens (including phenoxy) is 1. The molecule has 1 aromatic heterocycles. The van der Waals surface area contributed by atoms with Crippen LogP contribution in [0, 0.1) is 0 Å². The Kier molecular flexibility index (Phi) is 6.42. The molecular formula is C21H26N3O2S+. The summed E-state index contributed by atoms with van der Waals surface area (Å²) in [7, 11) is 4.24. The van der Waals surface area contributed by atoms with Crippen molar-refractivity contribution in [1.82, 2.24) is 4.98 Å². The first-order chi connectivity index (χ1) is 13.1. The van der Waals surface area contributed by atoms with Crippen molar-refractivity contribution in [1.29, 1.82) is 0 Å². The Morgan fingerprint density at radius 3 is 2.63 bits per heavy atom. The molecule has 0 saturated carbocycles. The number of aromatic nitrogens is 1. The molecule has 0 radical (unpaired) electrons. The number of anilines is 1. The smallest absolute Gasteiger partial charge is 0.260 e. The summed E-state index contributed by atoms with van der Waals surface area (Å²) in [6.45, 7) is 4.18. The Labute approximate surface area is 164 Å². The van der Waals surface area contributed by atoms with Gasteiger partial charge in [0.15, 0.2) is 5.13 Å². The lowest BCUT2D eigenvalue weighted by Gasteiger charge is -2.20. The Bertz CT molecular complexity index is 893. The molecule has 0 bridgehead atoms. The van der Waals surface area contributed by atoms with E-state index in [0.29, 0.717) is 18.7 Å². The lowest BCUT2D eigenvalue weighted by molar-refractivity contribution is -0.858. The first-order valence-corrected chi connectivity index (χ1v) is 10.1. The normalized spacial score (nSPS) is 11.1. The molecule has 3 aromatic rings. The Balaban J connectivity index is 1.95. The lowest BCUT2D eigenvalue weighted by atomic mass is 10.2. The highest BCUT2D eigenvalue weighted by Crippen LogP contribution is 2.34. The second-order valence-electron chi connectivity index (χ2n) is 6.67. The standard InChI is InChI=1S/C21H25N3O2S/c1-4-26-17-12-8-13-18-19(17)22-21(27-18)24(15-9-14-23(2)3)20(25)16-10-6-5-7-11-16/h5-8,10-13H,4,9,14-15H2,1-3H3/p+1. The number of carbonyl (C=O) groups is 1. The molecule has 0 aliphatic carbocycles. The molecule has 0 fully saturated rings. The van der Waals surface area contributed by atoms with Crippen LogP contribution in [-0.4, -0.2) is 44.7 Å². The van der Waals surface area contributed by atoms with Crippen LogP contribution in [-0.2, 0) is 0 Å². The van der Waals surface area contributed by atoms with Crippen LogP contribution in [0.5, 0.6) is 5.75 Å². The third-order valence-electron chi connectivity index (χ3n) is 4.23. The molecule has 5 nitrogen and oxygen atoms in total. The largest absolute Gasteiger partial charge is 0.492 e. The zero-order chi connectivity index (χ0) is 19.2. The monoisotopic (exact) mass is 384 g/mol. The van der Waals surface area contributed by atoms with Crippen molar-refractivity contribution in [2.24, 2.45) is 0 Å². The van der Waals surface area contributed by atoms with Crippen molar-refractivity contribution in [3.63, 3.8) is 0 Å². The van der Waals surface area contributed by atoms with Crippen LogP contribution in [0.3, 0.4) is 0 Å². The molecule has 2 aromatic carbocycles. The van der Waals surface area contributed by atoms with Gasteiger partial charge in [-0.3, -0.25) is 9.69 Å². The molecule has 0 atom stereocenters. The van der Waals surface area contributed by atoms with E-state index in [1.807, 2.05) is 55.5 Å². The van der Waals surface area contributed by atoms with Crippen molar-refractivity contribution >= 4 is 32.6 Å². The van der Waals surface area contributed by atoms with Gasteiger partial charge in [0.1, 0.15) is 11.3 Å². The SMILES string of the molecule is CCOc1cccc2sc(N(CCC[NH+](C)C)C(=O)c3ccccc3)nc12. The third-order valence-corrected chi connectivity index (χ3v) is 5.27. The van der Waals surface area contributed by atoms with Gasteiger partial charge in [0.05, 0.1) is 31.9 Å². The molecule has 0 aliphatic rings. The van der Waals surface area contributed by atoms with Crippen molar-refractivity contribution in [3.05, 3.63) is 54.1 Å². The maximum atomic E-state index is 13.2. The van der Waals surface area contributed by atoms with E-state index in [-0.39, 0.29) is 5.91 Å². The summed E-state index contributed by atoms with van der Waals surface area (Å²) in [5.41, 5.74) is 1.50. The van der Waals surface area contributed by atoms with Crippen LogP contribution in [0.25, 0.3) is 10.2 Å². The molecule has 1 heterocycles. The van der Waals surface area contributed by atoms with Crippen LogP contribution in [0.1, 0.15) is 23.7 Å². The molecular weight excluding hydrogens is 358 g/mol. The average molecular weight is 385 g/mol. The highest BCUT2D eigenvalue weighted by Gasteiger charge is 2.22. The number of hydrogen-bond donors (Lipinski definition) is 1. The van der Waals surface area contributed by atoms with Gasteiger partial charge in [-0.1, -0.05) is 35.6 Å². The number of nitrogens with zero attached hydrogens (tertiary/aromatic N) is 2. The van der Waals surface area contributed by atoms with E-state index >= 15 is 0 Å². The fraction of sp³-hybridized carbons (Fsp3) is 0.333. The highest BCUT2D eigenvalue weighted by atomic mass is 32.1. The average Bonchev–Trinajstić information content (AvgIpc) is 3.10. The fourth-order valence-corrected chi connectivity index (χ4v) is 3.92. The number of quaternary nitrogens is 1. The number of fused-ring (bicyclic) bond motifs is 1. The summed E-state index contributed by atoms with van der Waals surface area (Å²) in [4.78, 5) is 21.1. The molecule has 27 heavy (non-hydrogen) atoms. The van der Waals surface area contributed by atoms with E-state index in [2.05, 4.69) is 14.1 Å². The maximum absolute atomic E-state index is 13.2. The number of para-hydroxylation sites is 1. The van der Waals surface area contributed by atoms with Crippen molar-refractivity contribution in [2.75, 3.05) is 38.7 Å². The van der Waals surface area contributed by atoms with E-state index < -0.39 is 0 Å². The Morgan fingerprint density at radius 2 is 1.93 bits per heavy atom. The number of nitrogens with one attached hydrogen (secondary N) is 1. The predicted octanol–water partition coefficient (Wildman–Crippen LogP) is 2.88. The quantitative estimate of drug-likeness (QED) is 0.650. The summed E-state index contributed by atoms with van der Waals surface area (Å²) in [6.07, 6.45) is 0.912. The summed E-state index contributed by atoms with van der Waals surface area (Å²) >= 11 is 1.53. The van der Waals surface area contributed by atoms with Gasteiger partial charge >= 0.3 is 0 Å². The molecule has 0 spiro atoms. The summed E-state index contributed by atoms with van der Waals surface area (Å²) in [5, 5.41) is 0.722. The van der Waals surface area contributed by atoms with Gasteiger partial charge in [0, 0.05) is 18.5 Å². The van der Waals surface area contributed by atoms with Gasteiger partial charge in [-0.15, -0.1) is 0 Å². The van der Waals surface area contributed by atoms with E-state index in [1.54, 1.807) is 4.90 Å². The topological polar surface area (TPSA) is 46.9 Å². The minimum Gasteiger partial charge on any atom is -0.492 e. The number of benzene rings is 2. The number of amides is 1. The lowest BCUT2D eigenvalue weighted by Crippen LogP contribution is -3.05. The second kappa shape index (κ2) is 8.97. The number of carbonyl (C=O) groups excluding carboxylic acids is 1. The van der Waals surface area contributed by atoms with Crippen LogP contribution >= 0.6 is 11.3 Å². The van der Waals surface area contributed by atoms with Crippen LogP contribution in [0.2, 0.25) is 0 Å². The van der Waals surface area contributed by atoms with Gasteiger partial charge in [-0.25, -0.2) is 4.98 Å². The summed E-state index contributed by atoms with van der Waals surface area (Å²) < 4.78 is 6.74. The first-order valence-electron chi connectivity index (χ1n) is 9.28. The molecule has 0 saturated heterocycles. The summed E-state index contributed by atoms with van der Waals surface area (Å²) in [6, 6.07) is 15.3. The van der Waals surface area contributed by atoms with Crippen LogP contribution < -0.4 is 14.5 Å². The number of thiazole rings is 1. The van der Waals surface area contributed by atoms with Gasteiger partial charge < -0.3 is 9.64 Å². The minimum absolute atomic E-state index is 0.0126. The first kappa shape index (κ1) is 19.3. The maximum Gasteiger partial charge on any atom is 0.260 e. The zero-order valence-corrected chi connectivity index (χ0v) is 16.9. The molecule has 0 aliphatic heterocycles. The fourth-order valence-electron chi connectivity index (χ4n) is 2.91. The molecule has 0 unspecified atom stereocenters. The third kappa shape index (κ3) is 4.64. The van der Waals surface area contributed by atoms with E-state index in [1.165, 1.54) is 16.2 Å². The zero-order valence-electron chi connectivity index (χ0n) is 16.1. The van der Waals surface area contributed by atoms with Crippen molar-refractivity contribution in [2.45, 2.75) is 13.3 Å². The van der Waals surface area contributed by atoms with Gasteiger partial charge in [-0.05, 0) is 31.2 Å². The Morgan fingerprint density at radius 1 is 1.15 bits per heavy atom. The summed E-state index contributed by atoms with van der Waals surface area (Å²) in [5.74, 6) is 0.753. The minimum atomic E-state index is -0.0126. The van der Waals surface area contributed by atoms with Gasteiger partial charge in [0.2, 0.25) is 0 Å². The molecule has 1 N–H and O–H groups in total. The Hall–Kier alpha value is -2.44. The number of hydrogen-bond acceptors (Lipinski definition) is 4. The predicted molar refractivity (Wildman–Crippen MR) is 111 cm³/mol. The van der Waals surface area contributed by atoms with Crippen LogP contribution in [0.4, 0.5) is 5.13 Å². The van der Waals surface area contributed by atoms with Gasteiger partial charge in [0.25, 0.3) is 5.91 Å². The molecule has 142 valence electrons.